The van der Waals surface area contributed by atoms with E-state index in [2.05, 4.69) is 217 Å². The van der Waals surface area contributed by atoms with E-state index >= 15 is 0 Å². The van der Waals surface area contributed by atoms with Crippen molar-refractivity contribution in [2.45, 2.75) is 5.41 Å². The molecule has 302 valence electrons. The van der Waals surface area contributed by atoms with Crippen LogP contribution in [0, 0.1) is 0 Å². The van der Waals surface area contributed by atoms with Crippen LogP contribution in [0.3, 0.4) is 0 Å². The molecule has 0 fully saturated rings. The molecule has 2 heterocycles. The van der Waals surface area contributed by atoms with Gasteiger partial charge in [-0.3, -0.25) is 4.98 Å². The summed E-state index contributed by atoms with van der Waals surface area (Å²) in [6.07, 6.45) is 1.83. The third-order valence-corrected chi connectivity index (χ3v) is 13.6. The molecule has 3 heteroatoms. The number of rotatable bonds is 5. The zero-order valence-electron chi connectivity index (χ0n) is 35.4. The molecule has 13 rings (SSSR count). The molecule has 0 amide bonds. The molecule has 2 aliphatic carbocycles. The normalized spacial score (nSPS) is 12.7. The van der Waals surface area contributed by atoms with Gasteiger partial charge in [-0.25, -0.2) is 9.97 Å². The molecule has 2 aliphatic rings. The van der Waals surface area contributed by atoms with Gasteiger partial charge < -0.3 is 0 Å². The van der Waals surface area contributed by atoms with Gasteiger partial charge in [0.25, 0.3) is 0 Å². The maximum Gasteiger partial charge on any atom is 0.160 e. The van der Waals surface area contributed by atoms with E-state index in [-0.39, 0.29) is 0 Å². The predicted octanol–water partition coefficient (Wildman–Crippen LogP) is 15.4. The Labute approximate surface area is 378 Å². The first-order valence-electron chi connectivity index (χ1n) is 22.3. The average molecular weight is 826 g/mol. The molecule has 0 bridgehead atoms. The molecular weight excluding hydrogens is 787 g/mol. The highest BCUT2D eigenvalue weighted by Gasteiger charge is 2.49. The largest absolute Gasteiger partial charge is 0.256 e. The molecule has 0 unspecified atom stereocenters. The van der Waals surface area contributed by atoms with Crippen molar-refractivity contribution in [3.05, 3.63) is 259 Å². The van der Waals surface area contributed by atoms with Gasteiger partial charge in [0.05, 0.1) is 22.5 Å². The van der Waals surface area contributed by atoms with Crippen LogP contribution in [0.25, 0.3) is 100 Å². The summed E-state index contributed by atoms with van der Waals surface area (Å²) in [6, 6.07) is 83.5. The fourth-order valence-corrected chi connectivity index (χ4v) is 10.7. The van der Waals surface area contributed by atoms with Gasteiger partial charge in [-0.15, -0.1) is 0 Å². The molecule has 11 aromatic rings. The lowest BCUT2D eigenvalue weighted by atomic mass is 9.66. The first kappa shape index (κ1) is 37.1. The zero-order valence-corrected chi connectivity index (χ0v) is 35.4. The quantitative estimate of drug-likeness (QED) is 0.173. The Morgan fingerprint density at radius 1 is 0.277 bits per heavy atom. The third-order valence-electron chi connectivity index (χ3n) is 13.6. The van der Waals surface area contributed by atoms with Crippen LogP contribution < -0.4 is 0 Å². The molecular formula is C62H39N3. The zero-order chi connectivity index (χ0) is 42.9. The maximum atomic E-state index is 5.42. The summed E-state index contributed by atoms with van der Waals surface area (Å²) < 4.78 is 0. The fraction of sp³-hybridized carbons (Fsp3) is 0.0161. The molecule has 0 saturated heterocycles. The Balaban J connectivity index is 1.02. The van der Waals surface area contributed by atoms with Gasteiger partial charge in [0.15, 0.2) is 5.82 Å². The van der Waals surface area contributed by atoms with Crippen molar-refractivity contribution in [2.75, 3.05) is 0 Å². The lowest BCUT2D eigenvalue weighted by Gasteiger charge is -2.35. The highest BCUT2D eigenvalue weighted by molar-refractivity contribution is 5.99. The van der Waals surface area contributed by atoms with Gasteiger partial charge in [0.2, 0.25) is 0 Å². The Bertz CT molecular complexity index is 3590. The summed E-state index contributed by atoms with van der Waals surface area (Å²) in [4.78, 5) is 15.3. The lowest BCUT2D eigenvalue weighted by molar-refractivity contribution is 0.775. The first-order chi connectivity index (χ1) is 32.2. The van der Waals surface area contributed by atoms with Gasteiger partial charge in [-0.2, -0.15) is 0 Å². The van der Waals surface area contributed by atoms with Crippen LogP contribution in [0.4, 0.5) is 0 Å². The van der Waals surface area contributed by atoms with Crippen molar-refractivity contribution in [3.63, 3.8) is 0 Å². The van der Waals surface area contributed by atoms with Crippen molar-refractivity contribution in [1.29, 1.82) is 0 Å². The van der Waals surface area contributed by atoms with Gasteiger partial charge in [-0.1, -0.05) is 206 Å². The number of pyridine rings is 1. The molecule has 65 heavy (non-hydrogen) atoms. The van der Waals surface area contributed by atoms with E-state index in [4.69, 9.17) is 9.97 Å². The smallest absolute Gasteiger partial charge is 0.160 e. The highest BCUT2D eigenvalue weighted by Crippen LogP contribution is 2.61. The second-order valence-corrected chi connectivity index (χ2v) is 17.1. The van der Waals surface area contributed by atoms with E-state index in [0.29, 0.717) is 5.82 Å². The Morgan fingerprint density at radius 3 is 1.40 bits per heavy atom. The SMILES string of the molecule is c1ccc(-c2ccc(-c3cc(-c4ccc5c(c4)-c4ccccc4-c4ccccc4C54c5ccccc5-c5ccccc54)nc(-c4ccc(-c5cccc6ccccc56)cc4)n3)cc2)nc1. The van der Waals surface area contributed by atoms with Crippen molar-refractivity contribution >= 4 is 10.8 Å². The van der Waals surface area contributed by atoms with Crippen LogP contribution in [-0.2, 0) is 5.41 Å². The molecule has 0 saturated carbocycles. The third kappa shape index (κ3) is 5.79. The standard InChI is InChI=1S/C62H39N3/c1-2-16-46-40(14-1)15-13-22-47(46)41-27-33-44(34-28-41)61-64-59(43-31-29-42(30-32-43)58-26-11-12-37-63-58)39-60(65-61)45-35-36-57-53(38-45)49-18-4-3-17-48(49)50-19-5-8-23-54(50)62(57)55-24-9-6-20-51(55)52-21-7-10-25-56(52)62/h1-39H. The molecule has 0 radical (unpaired) electrons. The molecule has 2 aromatic heterocycles. The van der Waals surface area contributed by atoms with E-state index in [1.807, 2.05) is 24.4 Å². The van der Waals surface area contributed by atoms with E-state index in [9.17, 15) is 0 Å². The Morgan fingerprint density at radius 2 is 0.738 bits per heavy atom. The van der Waals surface area contributed by atoms with Gasteiger partial charge in [0, 0.05) is 28.5 Å². The number of hydrogen-bond donors (Lipinski definition) is 0. The van der Waals surface area contributed by atoms with Crippen LogP contribution in [0.15, 0.2) is 237 Å². The van der Waals surface area contributed by atoms with Gasteiger partial charge in [0.1, 0.15) is 0 Å². The Kier molecular flexibility index (Phi) is 8.44. The minimum atomic E-state index is -0.542. The second-order valence-electron chi connectivity index (χ2n) is 17.1. The minimum absolute atomic E-state index is 0.542. The average Bonchev–Trinajstić information content (AvgIpc) is 3.63. The van der Waals surface area contributed by atoms with Crippen molar-refractivity contribution in [1.82, 2.24) is 15.0 Å². The van der Waals surface area contributed by atoms with Crippen LogP contribution in [0.5, 0.6) is 0 Å². The minimum Gasteiger partial charge on any atom is -0.256 e. The monoisotopic (exact) mass is 825 g/mol. The molecule has 0 atom stereocenters. The summed E-state index contributed by atoms with van der Waals surface area (Å²) in [7, 11) is 0. The fourth-order valence-electron chi connectivity index (χ4n) is 10.7. The topological polar surface area (TPSA) is 38.7 Å². The van der Waals surface area contributed by atoms with Crippen LogP contribution in [-0.4, -0.2) is 15.0 Å². The van der Waals surface area contributed by atoms with Crippen LogP contribution in [0.2, 0.25) is 0 Å². The second kappa shape index (κ2) is 14.8. The van der Waals surface area contributed by atoms with Crippen LogP contribution in [0.1, 0.15) is 22.3 Å². The van der Waals surface area contributed by atoms with Crippen molar-refractivity contribution in [2.24, 2.45) is 0 Å². The molecule has 9 aromatic carbocycles. The maximum absolute atomic E-state index is 5.42. The number of fused-ring (bicyclic) bond motifs is 13. The van der Waals surface area contributed by atoms with Crippen LogP contribution >= 0.6 is 0 Å². The van der Waals surface area contributed by atoms with E-state index in [1.165, 1.54) is 72.0 Å². The summed E-state index contributed by atoms with van der Waals surface area (Å²) in [5, 5.41) is 2.46. The summed E-state index contributed by atoms with van der Waals surface area (Å²) in [5.74, 6) is 0.675. The summed E-state index contributed by atoms with van der Waals surface area (Å²) >= 11 is 0. The van der Waals surface area contributed by atoms with Gasteiger partial charge >= 0.3 is 0 Å². The van der Waals surface area contributed by atoms with Gasteiger partial charge in [-0.05, 0) is 102 Å². The van der Waals surface area contributed by atoms with E-state index in [1.54, 1.807) is 0 Å². The first-order valence-corrected chi connectivity index (χ1v) is 22.3. The summed E-state index contributed by atoms with van der Waals surface area (Å²) in [6.45, 7) is 0. The Hall–Kier alpha value is -8.53. The number of nitrogens with zero attached hydrogens (tertiary/aromatic N) is 3. The molecule has 3 nitrogen and oxygen atoms in total. The number of hydrogen-bond acceptors (Lipinski definition) is 3. The van der Waals surface area contributed by atoms with Crippen molar-refractivity contribution in [3.8, 4) is 89.7 Å². The predicted molar refractivity (Wildman–Crippen MR) is 266 cm³/mol. The molecule has 0 aliphatic heterocycles. The molecule has 0 N–H and O–H groups in total. The summed E-state index contributed by atoms with van der Waals surface area (Å²) in [5.41, 5.74) is 21.1. The highest BCUT2D eigenvalue weighted by atomic mass is 14.9. The molecule has 1 spiro atoms. The van der Waals surface area contributed by atoms with E-state index < -0.39 is 5.41 Å². The van der Waals surface area contributed by atoms with Crippen molar-refractivity contribution < 1.29 is 0 Å². The van der Waals surface area contributed by atoms with E-state index in [0.717, 1.165) is 44.9 Å². The number of aromatic nitrogens is 3. The lowest BCUT2D eigenvalue weighted by Crippen LogP contribution is -2.29. The number of benzene rings is 9.